The van der Waals surface area contributed by atoms with Crippen molar-refractivity contribution in [3.05, 3.63) is 41.5 Å². The van der Waals surface area contributed by atoms with Gasteiger partial charge in [0.2, 0.25) is 5.91 Å². The fourth-order valence-electron chi connectivity index (χ4n) is 1.35. The Morgan fingerprint density at radius 2 is 1.89 bits per heavy atom. The van der Waals surface area contributed by atoms with Gasteiger partial charge in [-0.2, -0.15) is 0 Å². The van der Waals surface area contributed by atoms with Gasteiger partial charge in [-0.1, -0.05) is 29.8 Å². The van der Waals surface area contributed by atoms with Gasteiger partial charge in [-0.3, -0.25) is 4.79 Å². The lowest BCUT2D eigenvalue weighted by Gasteiger charge is -2.09. The summed E-state index contributed by atoms with van der Waals surface area (Å²) in [7, 11) is 1.28. The molecule has 0 radical (unpaired) electrons. The number of carbonyl (C=O) groups is 2. The van der Waals surface area contributed by atoms with Gasteiger partial charge in [0.25, 0.3) is 0 Å². The maximum absolute atomic E-state index is 11.5. The molecule has 4 heteroatoms. The van der Waals surface area contributed by atoms with E-state index in [9.17, 15) is 9.59 Å². The maximum Gasteiger partial charge on any atom is 0.328 e. The lowest BCUT2D eigenvalue weighted by molar-refractivity contribution is -0.144. The molecule has 1 rings (SSSR count). The first-order valence-corrected chi connectivity index (χ1v) is 5.66. The molecule has 96 valence electrons. The second-order valence-electron chi connectivity index (χ2n) is 4.00. The van der Waals surface area contributed by atoms with Crippen LogP contribution in [-0.4, -0.2) is 25.0 Å². The Hall–Kier alpha value is -2.10. The number of aryl methyl sites for hydroxylation is 1. The molecule has 1 N–H and O–H groups in total. The highest BCUT2D eigenvalue weighted by Gasteiger charge is 2.13. The molecule has 0 saturated heterocycles. The maximum atomic E-state index is 11.5. The Morgan fingerprint density at radius 1 is 1.28 bits per heavy atom. The predicted molar refractivity (Wildman–Crippen MR) is 69.8 cm³/mol. The van der Waals surface area contributed by atoms with Gasteiger partial charge in [-0.15, -0.1) is 0 Å². The lowest BCUT2D eigenvalue weighted by atomic mass is 10.1. The van der Waals surface area contributed by atoms with Crippen molar-refractivity contribution < 1.29 is 14.3 Å². The number of amides is 1. The molecule has 0 fully saturated rings. The average molecular weight is 247 g/mol. The van der Waals surface area contributed by atoms with Crippen LogP contribution in [0.3, 0.4) is 0 Å². The van der Waals surface area contributed by atoms with Crippen LogP contribution in [0.5, 0.6) is 0 Å². The smallest absolute Gasteiger partial charge is 0.328 e. The van der Waals surface area contributed by atoms with E-state index in [0.29, 0.717) is 0 Å². The molecule has 0 bridgehead atoms. The van der Waals surface area contributed by atoms with Crippen LogP contribution < -0.4 is 5.32 Å². The molecule has 1 amide bonds. The Labute approximate surface area is 107 Å². The van der Waals surface area contributed by atoms with Crippen LogP contribution >= 0.6 is 0 Å². The SMILES string of the molecule is COC(=O)C(C)NC(=O)C=Cc1ccc(C)cc1. The standard InChI is InChI=1S/C14H17NO3/c1-10-4-6-12(7-5-10)8-9-13(16)15-11(2)14(17)18-3/h4-9,11H,1-3H3,(H,15,16). The topological polar surface area (TPSA) is 55.4 Å². The highest BCUT2D eigenvalue weighted by Crippen LogP contribution is 2.04. The van der Waals surface area contributed by atoms with Gasteiger partial charge in [-0.05, 0) is 25.5 Å². The van der Waals surface area contributed by atoms with E-state index in [1.165, 1.54) is 13.2 Å². The second kappa shape index (κ2) is 6.59. The zero-order chi connectivity index (χ0) is 13.5. The van der Waals surface area contributed by atoms with Crippen molar-refractivity contribution in [2.24, 2.45) is 0 Å². The monoisotopic (exact) mass is 247 g/mol. The van der Waals surface area contributed by atoms with E-state index in [4.69, 9.17) is 0 Å². The first kappa shape index (κ1) is 14.0. The van der Waals surface area contributed by atoms with Crippen molar-refractivity contribution in [1.29, 1.82) is 0 Å². The van der Waals surface area contributed by atoms with Crippen LogP contribution in [-0.2, 0) is 14.3 Å². The van der Waals surface area contributed by atoms with Crippen LogP contribution in [0, 0.1) is 6.92 Å². The van der Waals surface area contributed by atoms with E-state index in [0.717, 1.165) is 11.1 Å². The minimum atomic E-state index is -0.648. The van der Waals surface area contributed by atoms with Gasteiger partial charge in [0.05, 0.1) is 7.11 Å². The van der Waals surface area contributed by atoms with Gasteiger partial charge in [0.1, 0.15) is 6.04 Å². The summed E-state index contributed by atoms with van der Waals surface area (Å²) in [5, 5.41) is 2.51. The highest BCUT2D eigenvalue weighted by molar-refractivity contribution is 5.94. The molecule has 0 aliphatic heterocycles. The minimum Gasteiger partial charge on any atom is -0.467 e. The predicted octanol–water partition coefficient (Wildman–Crippen LogP) is 1.69. The summed E-state index contributed by atoms with van der Waals surface area (Å²) < 4.78 is 4.51. The van der Waals surface area contributed by atoms with Crippen LogP contribution in [0.4, 0.5) is 0 Å². The fourth-order valence-corrected chi connectivity index (χ4v) is 1.35. The van der Waals surface area contributed by atoms with E-state index >= 15 is 0 Å². The summed E-state index contributed by atoms with van der Waals surface area (Å²) in [5.41, 5.74) is 2.09. The third-order valence-corrected chi connectivity index (χ3v) is 2.42. The van der Waals surface area contributed by atoms with Crippen molar-refractivity contribution in [3.63, 3.8) is 0 Å². The van der Waals surface area contributed by atoms with E-state index in [1.54, 1.807) is 13.0 Å². The van der Waals surface area contributed by atoms with Crippen LogP contribution in [0.1, 0.15) is 18.1 Å². The number of rotatable bonds is 4. The molecular weight excluding hydrogens is 230 g/mol. The molecule has 1 atom stereocenters. The largest absolute Gasteiger partial charge is 0.467 e. The summed E-state index contributed by atoms with van der Waals surface area (Å²) in [6.45, 7) is 3.57. The molecule has 0 heterocycles. The Kier molecular flexibility index (Phi) is 5.11. The zero-order valence-electron chi connectivity index (χ0n) is 10.8. The summed E-state index contributed by atoms with van der Waals surface area (Å²) in [5.74, 6) is -0.791. The number of ether oxygens (including phenoxy) is 1. The summed E-state index contributed by atoms with van der Waals surface area (Å²) in [6, 6.07) is 7.12. The summed E-state index contributed by atoms with van der Waals surface area (Å²) in [6.07, 6.45) is 3.09. The van der Waals surface area contributed by atoms with Crippen LogP contribution in [0.15, 0.2) is 30.3 Å². The molecule has 4 nitrogen and oxygen atoms in total. The molecule has 1 unspecified atom stereocenters. The normalized spacial score (nSPS) is 12.2. The van der Waals surface area contributed by atoms with Crippen molar-refractivity contribution in [2.45, 2.75) is 19.9 Å². The fraction of sp³-hybridized carbons (Fsp3) is 0.286. The van der Waals surface area contributed by atoms with Crippen molar-refractivity contribution in [3.8, 4) is 0 Å². The molecule has 0 aliphatic carbocycles. The number of esters is 1. The first-order chi connectivity index (χ1) is 8.52. The van der Waals surface area contributed by atoms with Crippen molar-refractivity contribution in [2.75, 3.05) is 7.11 Å². The Bertz CT molecular complexity index is 449. The molecule has 1 aromatic rings. The van der Waals surface area contributed by atoms with E-state index in [-0.39, 0.29) is 5.91 Å². The van der Waals surface area contributed by atoms with Crippen LogP contribution in [0.25, 0.3) is 6.08 Å². The third kappa shape index (κ3) is 4.41. The average Bonchev–Trinajstić information content (AvgIpc) is 2.37. The molecule has 0 aliphatic rings. The number of hydrogen-bond donors (Lipinski definition) is 1. The zero-order valence-corrected chi connectivity index (χ0v) is 10.8. The molecular formula is C14H17NO3. The van der Waals surface area contributed by atoms with E-state index < -0.39 is 12.0 Å². The number of carbonyl (C=O) groups excluding carboxylic acids is 2. The molecule has 0 saturated carbocycles. The van der Waals surface area contributed by atoms with Gasteiger partial charge >= 0.3 is 5.97 Å². The highest BCUT2D eigenvalue weighted by atomic mass is 16.5. The molecule has 0 aromatic heterocycles. The van der Waals surface area contributed by atoms with Crippen molar-refractivity contribution >= 4 is 18.0 Å². The van der Waals surface area contributed by atoms with Crippen molar-refractivity contribution in [1.82, 2.24) is 5.32 Å². The molecule has 1 aromatic carbocycles. The number of benzene rings is 1. The van der Waals surface area contributed by atoms with Gasteiger partial charge in [0, 0.05) is 6.08 Å². The van der Waals surface area contributed by atoms with E-state index in [1.807, 2.05) is 31.2 Å². The number of methoxy groups -OCH3 is 1. The third-order valence-electron chi connectivity index (χ3n) is 2.42. The summed E-state index contributed by atoms with van der Waals surface area (Å²) >= 11 is 0. The Balaban J connectivity index is 2.54. The van der Waals surface area contributed by atoms with E-state index in [2.05, 4.69) is 10.1 Å². The second-order valence-corrected chi connectivity index (χ2v) is 4.00. The van der Waals surface area contributed by atoms with Crippen LogP contribution in [0.2, 0.25) is 0 Å². The quantitative estimate of drug-likeness (QED) is 0.650. The lowest BCUT2D eigenvalue weighted by Crippen LogP contribution is -2.38. The Morgan fingerprint density at radius 3 is 2.44 bits per heavy atom. The molecule has 18 heavy (non-hydrogen) atoms. The molecule has 0 spiro atoms. The number of hydrogen-bond acceptors (Lipinski definition) is 3. The van der Waals surface area contributed by atoms with Gasteiger partial charge < -0.3 is 10.1 Å². The van der Waals surface area contributed by atoms with Gasteiger partial charge in [-0.25, -0.2) is 4.79 Å². The van der Waals surface area contributed by atoms with Gasteiger partial charge in [0.15, 0.2) is 0 Å². The minimum absolute atomic E-state index is 0.325. The number of nitrogens with one attached hydrogen (secondary N) is 1. The first-order valence-electron chi connectivity index (χ1n) is 5.66. The summed E-state index contributed by atoms with van der Waals surface area (Å²) in [4.78, 5) is 22.6.